The van der Waals surface area contributed by atoms with Crippen molar-refractivity contribution < 1.29 is 13.2 Å². The van der Waals surface area contributed by atoms with Crippen molar-refractivity contribution in [3.63, 3.8) is 0 Å². The number of rotatable bonds is 3. The van der Waals surface area contributed by atoms with Gasteiger partial charge in [0.15, 0.2) is 0 Å². The molecule has 0 amide bonds. The lowest BCUT2D eigenvalue weighted by molar-refractivity contribution is -0.137. The van der Waals surface area contributed by atoms with Gasteiger partial charge in [-0.1, -0.05) is 30.3 Å². The fourth-order valence-corrected chi connectivity index (χ4v) is 1.96. The van der Waals surface area contributed by atoms with Gasteiger partial charge < -0.3 is 0 Å². The zero-order valence-electron chi connectivity index (χ0n) is 9.76. The van der Waals surface area contributed by atoms with Gasteiger partial charge in [-0.15, -0.1) is 0 Å². The van der Waals surface area contributed by atoms with Gasteiger partial charge in [0.25, 0.3) is 0 Å². The maximum Gasteiger partial charge on any atom is 0.416 e. The highest BCUT2D eigenvalue weighted by molar-refractivity contribution is 7.98. The molecule has 0 aliphatic rings. The molecule has 0 unspecified atom stereocenters. The second-order valence-electron chi connectivity index (χ2n) is 3.76. The first-order chi connectivity index (χ1) is 9.05. The molecule has 0 aromatic heterocycles. The van der Waals surface area contributed by atoms with Crippen molar-refractivity contribution in [1.29, 1.82) is 0 Å². The second-order valence-corrected chi connectivity index (χ2v) is 4.62. The minimum Gasteiger partial charge on any atom is -0.219 e. The largest absolute Gasteiger partial charge is 0.416 e. The van der Waals surface area contributed by atoms with Gasteiger partial charge in [-0.05, 0) is 29.8 Å². The maximum atomic E-state index is 12.4. The first-order valence-corrected chi connectivity index (χ1v) is 6.26. The molecule has 2 aromatic rings. The third-order valence-electron chi connectivity index (χ3n) is 2.34. The standard InChI is InChI=1S/C14H10F3NS/c15-14(16,17)12-8-6-11(7-9-12)10-18-19-13-4-2-1-3-5-13/h1-10H/b18-10+. The molecule has 0 bridgehead atoms. The lowest BCUT2D eigenvalue weighted by Crippen LogP contribution is -2.04. The van der Waals surface area contributed by atoms with Gasteiger partial charge in [0.2, 0.25) is 0 Å². The summed E-state index contributed by atoms with van der Waals surface area (Å²) in [5.41, 5.74) is -0.0169. The van der Waals surface area contributed by atoms with Crippen molar-refractivity contribution in [1.82, 2.24) is 0 Å². The summed E-state index contributed by atoms with van der Waals surface area (Å²) in [4.78, 5) is 0.977. The topological polar surface area (TPSA) is 12.4 Å². The van der Waals surface area contributed by atoms with E-state index in [-0.39, 0.29) is 0 Å². The average molecular weight is 281 g/mol. The number of hydrogen-bond donors (Lipinski definition) is 0. The Hall–Kier alpha value is -1.75. The summed E-state index contributed by atoms with van der Waals surface area (Å²) in [7, 11) is 0. The second kappa shape index (κ2) is 5.93. The smallest absolute Gasteiger partial charge is 0.219 e. The Morgan fingerprint density at radius 2 is 1.53 bits per heavy atom. The molecule has 0 radical (unpaired) electrons. The Bertz CT molecular complexity index is 547. The lowest BCUT2D eigenvalue weighted by Gasteiger charge is -2.05. The van der Waals surface area contributed by atoms with Gasteiger partial charge in [-0.3, -0.25) is 0 Å². The summed E-state index contributed by atoms with van der Waals surface area (Å²) < 4.78 is 41.2. The van der Waals surface area contributed by atoms with Crippen LogP contribution in [0.1, 0.15) is 11.1 Å². The van der Waals surface area contributed by atoms with Crippen LogP contribution in [0, 0.1) is 0 Å². The number of benzene rings is 2. The number of hydrogen-bond acceptors (Lipinski definition) is 2. The maximum absolute atomic E-state index is 12.4. The molecule has 5 heteroatoms. The molecule has 0 N–H and O–H groups in total. The molecule has 2 aromatic carbocycles. The number of alkyl halides is 3. The molecule has 0 heterocycles. The van der Waals surface area contributed by atoms with Crippen LogP contribution in [-0.2, 0) is 6.18 Å². The highest BCUT2D eigenvalue weighted by atomic mass is 32.2. The van der Waals surface area contributed by atoms with E-state index in [9.17, 15) is 13.2 Å². The van der Waals surface area contributed by atoms with Crippen LogP contribution >= 0.6 is 11.9 Å². The highest BCUT2D eigenvalue weighted by Crippen LogP contribution is 2.29. The van der Waals surface area contributed by atoms with Crippen LogP contribution in [0.25, 0.3) is 0 Å². The number of halogens is 3. The summed E-state index contributed by atoms with van der Waals surface area (Å²) >= 11 is 1.27. The van der Waals surface area contributed by atoms with Crippen molar-refractivity contribution in [3.8, 4) is 0 Å². The third-order valence-corrected chi connectivity index (χ3v) is 3.03. The first kappa shape index (κ1) is 13.7. The molecular weight excluding hydrogens is 271 g/mol. The van der Waals surface area contributed by atoms with Crippen LogP contribution in [0.2, 0.25) is 0 Å². The van der Waals surface area contributed by atoms with Crippen LogP contribution in [0.5, 0.6) is 0 Å². The minimum absolute atomic E-state index is 0.636. The van der Waals surface area contributed by atoms with Gasteiger partial charge in [0.05, 0.1) is 5.56 Å². The van der Waals surface area contributed by atoms with Crippen LogP contribution in [0.3, 0.4) is 0 Å². The Morgan fingerprint density at radius 3 is 2.11 bits per heavy atom. The molecular formula is C14H10F3NS. The first-order valence-electron chi connectivity index (χ1n) is 5.48. The monoisotopic (exact) mass is 281 g/mol. The molecule has 0 aliphatic carbocycles. The van der Waals surface area contributed by atoms with E-state index >= 15 is 0 Å². The van der Waals surface area contributed by atoms with E-state index in [0.717, 1.165) is 17.0 Å². The quantitative estimate of drug-likeness (QED) is 0.579. The molecule has 0 saturated carbocycles. The fourth-order valence-electron chi connectivity index (χ4n) is 1.39. The van der Waals surface area contributed by atoms with Crippen molar-refractivity contribution >= 4 is 18.2 Å². The van der Waals surface area contributed by atoms with Crippen LogP contribution < -0.4 is 0 Å². The Morgan fingerprint density at radius 1 is 0.895 bits per heavy atom. The lowest BCUT2D eigenvalue weighted by atomic mass is 10.1. The third kappa shape index (κ3) is 4.13. The van der Waals surface area contributed by atoms with Gasteiger partial charge in [-0.25, -0.2) is 4.40 Å². The van der Waals surface area contributed by atoms with E-state index < -0.39 is 11.7 Å². The molecule has 2 rings (SSSR count). The molecule has 0 fully saturated rings. The van der Waals surface area contributed by atoms with Crippen molar-refractivity contribution in [2.24, 2.45) is 4.40 Å². The van der Waals surface area contributed by atoms with Gasteiger partial charge in [0.1, 0.15) is 0 Å². The summed E-state index contributed by atoms with van der Waals surface area (Å²) in [6, 6.07) is 14.4. The molecule has 98 valence electrons. The normalized spacial score (nSPS) is 11.9. The SMILES string of the molecule is FC(F)(F)c1ccc(/C=N/Sc2ccccc2)cc1. The average Bonchev–Trinajstić information content (AvgIpc) is 2.39. The van der Waals surface area contributed by atoms with E-state index in [4.69, 9.17) is 0 Å². The van der Waals surface area contributed by atoms with Crippen LogP contribution in [-0.4, -0.2) is 6.21 Å². The molecule has 19 heavy (non-hydrogen) atoms. The van der Waals surface area contributed by atoms with Crippen molar-refractivity contribution in [2.45, 2.75) is 11.1 Å². The molecule has 0 aliphatic heterocycles. The summed E-state index contributed by atoms with van der Waals surface area (Å²) in [5.74, 6) is 0. The number of nitrogens with zero attached hydrogens (tertiary/aromatic N) is 1. The van der Waals surface area contributed by atoms with E-state index in [1.165, 1.54) is 30.3 Å². The Kier molecular flexibility index (Phi) is 4.27. The molecule has 0 saturated heterocycles. The molecule has 0 atom stereocenters. The Balaban J connectivity index is 2.00. The van der Waals surface area contributed by atoms with Crippen LogP contribution in [0.4, 0.5) is 13.2 Å². The predicted molar refractivity (Wildman–Crippen MR) is 71.3 cm³/mol. The van der Waals surface area contributed by atoms with Gasteiger partial charge in [-0.2, -0.15) is 13.2 Å². The molecule has 1 nitrogen and oxygen atoms in total. The summed E-state index contributed by atoms with van der Waals surface area (Å²) in [6.07, 6.45) is -2.76. The highest BCUT2D eigenvalue weighted by Gasteiger charge is 2.29. The van der Waals surface area contributed by atoms with Crippen molar-refractivity contribution in [2.75, 3.05) is 0 Å². The van der Waals surface area contributed by atoms with Gasteiger partial charge >= 0.3 is 6.18 Å². The molecule has 0 spiro atoms. The summed E-state index contributed by atoms with van der Waals surface area (Å²) in [5, 5.41) is 0. The van der Waals surface area contributed by atoms with E-state index in [1.54, 1.807) is 0 Å². The Labute approximate surface area is 113 Å². The zero-order valence-corrected chi connectivity index (χ0v) is 10.6. The van der Waals surface area contributed by atoms with Gasteiger partial charge in [0, 0.05) is 23.1 Å². The fraction of sp³-hybridized carbons (Fsp3) is 0.0714. The van der Waals surface area contributed by atoms with E-state index in [2.05, 4.69) is 4.40 Å². The van der Waals surface area contributed by atoms with Crippen LogP contribution in [0.15, 0.2) is 63.9 Å². The van der Waals surface area contributed by atoms with Crippen molar-refractivity contribution in [3.05, 3.63) is 65.7 Å². The zero-order chi connectivity index (χ0) is 13.7. The van der Waals surface area contributed by atoms with E-state index in [0.29, 0.717) is 5.56 Å². The summed E-state index contributed by atoms with van der Waals surface area (Å²) in [6.45, 7) is 0. The predicted octanol–water partition coefficient (Wildman–Crippen LogP) is 4.83. The minimum atomic E-state index is -4.30. The van der Waals surface area contributed by atoms with E-state index in [1.807, 2.05) is 30.3 Å².